The number of rotatable bonds is 5. The van der Waals surface area contributed by atoms with E-state index in [1.807, 2.05) is 0 Å². The Balaban J connectivity index is 1.74. The lowest BCUT2D eigenvalue weighted by Gasteiger charge is -2.21. The lowest BCUT2D eigenvalue weighted by Crippen LogP contribution is -2.26. The van der Waals surface area contributed by atoms with Gasteiger partial charge in [0.15, 0.2) is 0 Å². The van der Waals surface area contributed by atoms with Crippen LogP contribution in [0.3, 0.4) is 0 Å². The van der Waals surface area contributed by atoms with Crippen LogP contribution in [0.25, 0.3) is 0 Å². The van der Waals surface area contributed by atoms with Crippen molar-refractivity contribution in [3.05, 3.63) is 59.7 Å². The van der Waals surface area contributed by atoms with E-state index in [1.165, 1.54) is 12.1 Å². The van der Waals surface area contributed by atoms with Crippen LogP contribution in [0, 0.1) is 5.92 Å². The van der Waals surface area contributed by atoms with Gasteiger partial charge in [0.2, 0.25) is 5.91 Å². The van der Waals surface area contributed by atoms with Crippen molar-refractivity contribution in [2.45, 2.75) is 32.1 Å². The van der Waals surface area contributed by atoms with E-state index in [0.717, 1.165) is 32.1 Å². The predicted octanol–water partition coefficient (Wildman–Crippen LogP) is 4.16. The first kappa shape index (κ1) is 18.6. The Bertz CT molecular complexity index is 857. The van der Waals surface area contributed by atoms with Crippen molar-refractivity contribution in [1.82, 2.24) is 0 Å². The second-order valence-electron chi connectivity index (χ2n) is 6.71. The minimum absolute atomic E-state index is 0.0119. The molecule has 0 spiro atoms. The highest BCUT2D eigenvalue weighted by molar-refractivity contribution is 6.10. The summed E-state index contributed by atoms with van der Waals surface area (Å²) in [5, 5.41) is 14.6. The summed E-state index contributed by atoms with van der Waals surface area (Å²) in [6.45, 7) is 0. The van der Waals surface area contributed by atoms with Gasteiger partial charge in [-0.2, -0.15) is 0 Å². The van der Waals surface area contributed by atoms with Crippen LogP contribution in [0.4, 0.5) is 11.4 Å². The van der Waals surface area contributed by atoms with E-state index in [2.05, 4.69) is 10.6 Å². The molecule has 0 atom stereocenters. The molecule has 3 N–H and O–H groups in total. The van der Waals surface area contributed by atoms with E-state index in [4.69, 9.17) is 5.11 Å². The zero-order valence-electron chi connectivity index (χ0n) is 14.9. The maximum absolute atomic E-state index is 12.7. The normalized spacial score (nSPS) is 14.4. The van der Waals surface area contributed by atoms with Crippen LogP contribution in [-0.2, 0) is 4.79 Å². The zero-order chi connectivity index (χ0) is 19.2. The van der Waals surface area contributed by atoms with Crippen LogP contribution in [0.1, 0.15) is 52.8 Å². The molecular formula is C21H22N2O4. The minimum Gasteiger partial charge on any atom is -0.478 e. The Hall–Kier alpha value is -3.15. The maximum atomic E-state index is 12.7. The summed E-state index contributed by atoms with van der Waals surface area (Å²) in [6, 6.07) is 12.8. The smallest absolute Gasteiger partial charge is 0.335 e. The molecular weight excluding hydrogens is 344 g/mol. The molecule has 3 rings (SSSR count). The number of aromatic carboxylic acids is 1. The number of benzene rings is 2. The molecule has 0 radical (unpaired) electrons. The van der Waals surface area contributed by atoms with Crippen molar-refractivity contribution < 1.29 is 19.5 Å². The molecule has 2 amide bonds. The van der Waals surface area contributed by atoms with Gasteiger partial charge in [0.05, 0.1) is 16.8 Å². The fourth-order valence-electron chi connectivity index (χ4n) is 3.32. The number of hydrogen-bond donors (Lipinski definition) is 3. The van der Waals surface area contributed by atoms with E-state index in [-0.39, 0.29) is 17.4 Å². The summed E-state index contributed by atoms with van der Waals surface area (Å²) in [5.74, 6) is -1.53. The highest BCUT2D eigenvalue weighted by Gasteiger charge is 2.22. The fourth-order valence-corrected chi connectivity index (χ4v) is 3.32. The van der Waals surface area contributed by atoms with Crippen LogP contribution < -0.4 is 10.6 Å². The largest absolute Gasteiger partial charge is 0.478 e. The molecule has 1 aliphatic rings. The number of carbonyl (C=O) groups excluding carboxylic acids is 2. The van der Waals surface area contributed by atoms with Crippen LogP contribution in [0.2, 0.25) is 0 Å². The summed E-state index contributed by atoms with van der Waals surface area (Å²) in [7, 11) is 0. The van der Waals surface area contributed by atoms with Crippen molar-refractivity contribution >= 4 is 29.2 Å². The Labute approximate surface area is 157 Å². The van der Waals surface area contributed by atoms with Gasteiger partial charge in [0, 0.05) is 11.6 Å². The molecule has 0 aliphatic heterocycles. The third kappa shape index (κ3) is 4.73. The number of carboxylic acids is 1. The number of anilines is 2. The van der Waals surface area contributed by atoms with Crippen molar-refractivity contribution in [2.75, 3.05) is 10.6 Å². The first-order chi connectivity index (χ1) is 13.0. The van der Waals surface area contributed by atoms with Crippen molar-refractivity contribution in [2.24, 2.45) is 5.92 Å². The Morgan fingerprint density at radius 2 is 1.63 bits per heavy atom. The van der Waals surface area contributed by atoms with Crippen molar-refractivity contribution in [3.8, 4) is 0 Å². The van der Waals surface area contributed by atoms with Gasteiger partial charge in [0.25, 0.3) is 5.91 Å². The van der Waals surface area contributed by atoms with E-state index < -0.39 is 11.9 Å². The highest BCUT2D eigenvalue weighted by atomic mass is 16.4. The molecule has 140 valence electrons. The topological polar surface area (TPSA) is 95.5 Å². The Kier molecular flexibility index (Phi) is 5.86. The highest BCUT2D eigenvalue weighted by Crippen LogP contribution is 2.26. The summed E-state index contributed by atoms with van der Waals surface area (Å²) in [4.78, 5) is 36.3. The quantitative estimate of drug-likeness (QED) is 0.740. The van der Waals surface area contributed by atoms with Crippen molar-refractivity contribution in [3.63, 3.8) is 0 Å². The average Bonchev–Trinajstić information content (AvgIpc) is 2.69. The zero-order valence-corrected chi connectivity index (χ0v) is 14.9. The second-order valence-corrected chi connectivity index (χ2v) is 6.71. The molecule has 1 fully saturated rings. The predicted molar refractivity (Wildman–Crippen MR) is 103 cm³/mol. The van der Waals surface area contributed by atoms with Gasteiger partial charge in [-0.15, -0.1) is 0 Å². The van der Waals surface area contributed by atoms with Gasteiger partial charge in [-0.05, 0) is 43.2 Å². The molecule has 1 aliphatic carbocycles. The van der Waals surface area contributed by atoms with Gasteiger partial charge < -0.3 is 15.7 Å². The summed E-state index contributed by atoms with van der Waals surface area (Å²) < 4.78 is 0. The monoisotopic (exact) mass is 366 g/mol. The molecule has 0 heterocycles. The molecule has 0 saturated heterocycles. The second kappa shape index (κ2) is 8.49. The molecule has 2 aromatic carbocycles. The minimum atomic E-state index is -1.06. The maximum Gasteiger partial charge on any atom is 0.335 e. The number of amides is 2. The van der Waals surface area contributed by atoms with Gasteiger partial charge in [-0.25, -0.2) is 4.79 Å². The summed E-state index contributed by atoms with van der Waals surface area (Å²) in [5.41, 5.74) is 1.27. The van der Waals surface area contributed by atoms with Gasteiger partial charge in [0.1, 0.15) is 0 Å². The van der Waals surface area contributed by atoms with Gasteiger partial charge >= 0.3 is 5.97 Å². The summed E-state index contributed by atoms with van der Waals surface area (Å²) in [6.07, 6.45) is 5.03. The summed E-state index contributed by atoms with van der Waals surface area (Å²) >= 11 is 0. The van der Waals surface area contributed by atoms with Crippen LogP contribution >= 0.6 is 0 Å². The molecule has 1 saturated carbocycles. The SMILES string of the molecule is O=C(O)c1cccc(NC(=O)c2ccccc2NC(=O)C2CCCCC2)c1. The number of nitrogens with one attached hydrogen (secondary N) is 2. The number of para-hydroxylation sites is 1. The molecule has 0 unspecified atom stereocenters. The third-order valence-corrected chi connectivity index (χ3v) is 4.77. The Morgan fingerprint density at radius 1 is 0.889 bits per heavy atom. The Morgan fingerprint density at radius 3 is 2.37 bits per heavy atom. The van der Waals surface area contributed by atoms with E-state index in [0.29, 0.717) is 16.9 Å². The molecule has 6 nitrogen and oxygen atoms in total. The van der Waals surface area contributed by atoms with E-state index >= 15 is 0 Å². The van der Waals surface area contributed by atoms with E-state index in [9.17, 15) is 14.4 Å². The molecule has 0 bridgehead atoms. The van der Waals surface area contributed by atoms with Gasteiger partial charge in [-0.1, -0.05) is 37.5 Å². The molecule has 2 aromatic rings. The number of carbonyl (C=O) groups is 3. The standard InChI is InChI=1S/C21H22N2O4/c24-19(14-7-2-1-3-8-14)23-18-12-5-4-11-17(18)20(25)22-16-10-6-9-15(13-16)21(26)27/h4-6,9-14H,1-3,7-8H2,(H,22,25)(H,23,24)(H,26,27). The lowest BCUT2D eigenvalue weighted by atomic mass is 9.88. The first-order valence-corrected chi connectivity index (χ1v) is 9.09. The van der Waals surface area contributed by atoms with Crippen LogP contribution in [0.15, 0.2) is 48.5 Å². The molecule has 6 heteroatoms. The van der Waals surface area contributed by atoms with E-state index in [1.54, 1.807) is 36.4 Å². The first-order valence-electron chi connectivity index (χ1n) is 9.09. The van der Waals surface area contributed by atoms with Crippen LogP contribution in [0.5, 0.6) is 0 Å². The lowest BCUT2D eigenvalue weighted by molar-refractivity contribution is -0.120. The molecule has 0 aromatic heterocycles. The fraction of sp³-hybridized carbons (Fsp3) is 0.286. The van der Waals surface area contributed by atoms with Gasteiger partial charge in [-0.3, -0.25) is 9.59 Å². The third-order valence-electron chi connectivity index (χ3n) is 4.77. The number of carboxylic acid groups (broad SMARTS) is 1. The molecule has 27 heavy (non-hydrogen) atoms. The van der Waals surface area contributed by atoms with Crippen LogP contribution in [-0.4, -0.2) is 22.9 Å². The average molecular weight is 366 g/mol. The number of hydrogen-bond acceptors (Lipinski definition) is 3. The van der Waals surface area contributed by atoms with Crippen molar-refractivity contribution in [1.29, 1.82) is 0 Å².